The highest BCUT2D eigenvalue weighted by atomic mass is 16.2. The van der Waals surface area contributed by atoms with E-state index in [1.54, 1.807) is 12.1 Å². The first-order valence-electron chi connectivity index (χ1n) is 10.5. The molecule has 3 N–H and O–H groups in total. The summed E-state index contributed by atoms with van der Waals surface area (Å²) in [5.74, 6) is -2.21. The number of carbonyl (C=O) groups is 3. The Morgan fingerprint density at radius 3 is 2.32 bits per heavy atom. The molecule has 0 saturated carbocycles. The number of nitrogens with two attached hydrogens (primary N) is 1. The number of benzene rings is 2. The van der Waals surface area contributed by atoms with Crippen molar-refractivity contribution in [2.24, 2.45) is 5.73 Å². The third-order valence-electron chi connectivity index (χ3n) is 4.85. The molecule has 0 radical (unpaired) electrons. The third-order valence-corrected chi connectivity index (χ3v) is 4.85. The number of amides is 2. The molecule has 0 bridgehead atoms. The van der Waals surface area contributed by atoms with Gasteiger partial charge in [-0.3, -0.25) is 14.4 Å². The molecular formula is C25H31N3O3. The standard InChI is InChI=1S/C25H31N3O3/c1-4-5-10-22(23(29)24(26)30)27-25(31)21-9-7-6-8-20(21)16-15-18-11-13-19(14-12-18)17-28(2)3/h6-9,11-16,22H,4-5,10,17H2,1-3H3,(H2,26,30)(H,27,31). The van der Waals surface area contributed by atoms with Gasteiger partial charge < -0.3 is 16.0 Å². The summed E-state index contributed by atoms with van der Waals surface area (Å²) in [7, 11) is 4.05. The Balaban J connectivity index is 2.18. The molecule has 0 aliphatic heterocycles. The van der Waals surface area contributed by atoms with Crippen molar-refractivity contribution in [2.75, 3.05) is 14.1 Å². The fourth-order valence-corrected chi connectivity index (χ4v) is 3.22. The van der Waals surface area contributed by atoms with Gasteiger partial charge in [-0.1, -0.05) is 74.4 Å². The number of nitrogens with one attached hydrogen (secondary N) is 1. The number of carbonyl (C=O) groups excluding carboxylic acids is 3. The summed E-state index contributed by atoms with van der Waals surface area (Å²) in [6.45, 7) is 2.84. The molecule has 0 fully saturated rings. The average molecular weight is 422 g/mol. The van der Waals surface area contributed by atoms with E-state index in [0.717, 1.165) is 24.1 Å². The van der Waals surface area contributed by atoms with Crippen LogP contribution in [0.5, 0.6) is 0 Å². The summed E-state index contributed by atoms with van der Waals surface area (Å²) >= 11 is 0. The lowest BCUT2D eigenvalue weighted by Crippen LogP contribution is -2.46. The van der Waals surface area contributed by atoms with Crippen LogP contribution in [0.1, 0.15) is 53.2 Å². The molecule has 2 aromatic carbocycles. The topological polar surface area (TPSA) is 92.5 Å². The second-order valence-corrected chi connectivity index (χ2v) is 7.80. The molecule has 0 heterocycles. The Labute approximate surface area is 184 Å². The van der Waals surface area contributed by atoms with Crippen molar-refractivity contribution in [3.05, 3.63) is 70.8 Å². The maximum absolute atomic E-state index is 12.9. The first-order valence-corrected chi connectivity index (χ1v) is 10.5. The fourth-order valence-electron chi connectivity index (χ4n) is 3.22. The molecule has 0 aliphatic carbocycles. The molecule has 0 spiro atoms. The van der Waals surface area contributed by atoms with E-state index in [9.17, 15) is 14.4 Å². The lowest BCUT2D eigenvalue weighted by atomic mass is 10.0. The number of hydrogen-bond donors (Lipinski definition) is 2. The summed E-state index contributed by atoms with van der Waals surface area (Å²) in [4.78, 5) is 38.4. The molecule has 1 unspecified atom stereocenters. The average Bonchev–Trinajstić information content (AvgIpc) is 2.75. The monoisotopic (exact) mass is 421 g/mol. The molecule has 2 amide bonds. The van der Waals surface area contributed by atoms with Crippen LogP contribution in [0.3, 0.4) is 0 Å². The molecule has 31 heavy (non-hydrogen) atoms. The maximum Gasteiger partial charge on any atom is 0.287 e. The predicted octanol–water partition coefficient (Wildman–Crippen LogP) is 3.26. The highest BCUT2D eigenvalue weighted by Gasteiger charge is 2.25. The van der Waals surface area contributed by atoms with E-state index in [0.29, 0.717) is 18.4 Å². The highest BCUT2D eigenvalue weighted by molar-refractivity contribution is 6.38. The van der Waals surface area contributed by atoms with Gasteiger partial charge in [0.1, 0.15) is 0 Å². The first-order chi connectivity index (χ1) is 14.8. The van der Waals surface area contributed by atoms with E-state index in [-0.39, 0.29) is 0 Å². The smallest absolute Gasteiger partial charge is 0.287 e. The van der Waals surface area contributed by atoms with Crippen LogP contribution in [0.4, 0.5) is 0 Å². The normalized spacial score (nSPS) is 12.1. The number of rotatable bonds is 11. The second kappa shape index (κ2) is 11.8. The first kappa shape index (κ1) is 24.0. The van der Waals surface area contributed by atoms with Crippen molar-refractivity contribution in [2.45, 2.75) is 38.8 Å². The van der Waals surface area contributed by atoms with E-state index in [4.69, 9.17) is 5.73 Å². The minimum absolute atomic E-state index is 0.376. The Bertz CT molecular complexity index is 933. The van der Waals surface area contributed by atoms with Gasteiger partial charge in [0.25, 0.3) is 11.8 Å². The summed E-state index contributed by atoms with van der Waals surface area (Å²) in [6.07, 6.45) is 5.73. The fraction of sp³-hybridized carbons (Fsp3) is 0.320. The Morgan fingerprint density at radius 2 is 1.71 bits per heavy atom. The Kier molecular flexibility index (Phi) is 9.15. The van der Waals surface area contributed by atoms with Crippen molar-refractivity contribution >= 4 is 29.7 Å². The molecule has 0 aromatic heterocycles. The highest BCUT2D eigenvalue weighted by Crippen LogP contribution is 2.15. The van der Waals surface area contributed by atoms with Crippen molar-refractivity contribution in [3.63, 3.8) is 0 Å². The predicted molar refractivity (Wildman–Crippen MR) is 124 cm³/mol. The quantitative estimate of drug-likeness (QED) is 0.430. The van der Waals surface area contributed by atoms with Gasteiger partial charge in [0, 0.05) is 12.1 Å². The van der Waals surface area contributed by atoms with Crippen LogP contribution < -0.4 is 11.1 Å². The molecule has 0 saturated heterocycles. The van der Waals surface area contributed by atoms with Crippen LogP contribution in [0.25, 0.3) is 12.2 Å². The van der Waals surface area contributed by atoms with Gasteiger partial charge in [0.05, 0.1) is 6.04 Å². The summed E-state index contributed by atoms with van der Waals surface area (Å²) in [5, 5.41) is 2.69. The molecule has 0 aliphatic rings. The van der Waals surface area contributed by atoms with E-state index in [1.165, 1.54) is 5.56 Å². The number of Topliss-reactive ketones (excluding diaryl/α,β-unsaturated/α-hetero) is 1. The van der Waals surface area contributed by atoms with Crippen LogP contribution in [0, 0.1) is 0 Å². The summed E-state index contributed by atoms with van der Waals surface area (Å²) < 4.78 is 0. The van der Waals surface area contributed by atoms with E-state index in [2.05, 4.69) is 22.3 Å². The lowest BCUT2D eigenvalue weighted by Gasteiger charge is -2.16. The number of hydrogen-bond acceptors (Lipinski definition) is 4. The number of primary amides is 1. The zero-order valence-electron chi connectivity index (χ0n) is 18.4. The number of nitrogens with zero attached hydrogens (tertiary/aromatic N) is 1. The summed E-state index contributed by atoms with van der Waals surface area (Å²) in [6, 6.07) is 14.4. The largest absolute Gasteiger partial charge is 0.363 e. The van der Waals surface area contributed by atoms with Crippen molar-refractivity contribution in [1.82, 2.24) is 10.2 Å². The van der Waals surface area contributed by atoms with Gasteiger partial charge in [-0.2, -0.15) is 0 Å². The molecule has 2 aromatic rings. The number of ketones is 1. The number of unbranched alkanes of at least 4 members (excludes halogenated alkanes) is 1. The zero-order valence-corrected chi connectivity index (χ0v) is 18.4. The van der Waals surface area contributed by atoms with E-state index in [1.807, 2.05) is 57.4 Å². The van der Waals surface area contributed by atoms with Crippen LogP contribution in [-0.2, 0) is 16.1 Å². The van der Waals surface area contributed by atoms with E-state index < -0.39 is 23.6 Å². The van der Waals surface area contributed by atoms with Crippen LogP contribution in [-0.4, -0.2) is 42.6 Å². The van der Waals surface area contributed by atoms with Crippen LogP contribution in [0.15, 0.2) is 48.5 Å². The van der Waals surface area contributed by atoms with Gasteiger partial charge in [-0.15, -0.1) is 0 Å². The van der Waals surface area contributed by atoms with Gasteiger partial charge in [0.2, 0.25) is 5.78 Å². The molecule has 2 rings (SSSR count). The van der Waals surface area contributed by atoms with Crippen molar-refractivity contribution in [3.8, 4) is 0 Å². The van der Waals surface area contributed by atoms with Gasteiger partial charge >= 0.3 is 0 Å². The second-order valence-electron chi connectivity index (χ2n) is 7.80. The molecule has 6 heteroatoms. The Hall–Kier alpha value is -3.25. The van der Waals surface area contributed by atoms with Crippen molar-refractivity contribution in [1.29, 1.82) is 0 Å². The lowest BCUT2D eigenvalue weighted by molar-refractivity contribution is -0.137. The van der Waals surface area contributed by atoms with Gasteiger partial charge in [0.15, 0.2) is 0 Å². The molecular weight excluding hydrogens is 390 g/mol. The van der Waals surface area contributed by atoms with Gasteiger partial charge in [-0.25, -0.2) is 0 Å². The Morgan fingerprint density at radius 1 is 1.03 bits per heavy atom. The maximum atomic E-state index is 12.9. The minimum Gasteiger partial charge on any atom is -0.363 e. The molecule has 164 valence electrons. The summed E-state index contributed by atoms with van der Waals surface area (Å²) in [5.41, 5.74) is 8.54. The zero-order chi connectivity index (χ0) is 22.8. The minimum atomic E-state index is -1.03. The third kappa shape index (κ3) is 7.50. The van der Waals surface area contributed by atoms with Gasteiger partial charge in [-0.05, 0) is 43.3 Å². The van der Waals surface area contributed by atoms with Crippen LogP contribution in [0.2, 0.25) is 0 Å². The van der Waals surface area contributed by atoms with Crippen molar-refractivity contribution < 1.29 is 14.4 Å². The van der Waals surface area contributed by atoms with E-state index >= 15 is 0 Å². The SMILES string of the molecule is CCCCC(NC(=O)c1ccccc1C=Cc1ccc(CN(C)C)cc1)C(=O)C(N)=O. The molecule has 1 atom stereocenters. The molecule has 6 nitrogen and oxygen atoms in total. The van der Waals surface area contributed by atoms with Crippen LogP contribution >= 0.6 is 0 Å².